The van der Waals surface area contributed by atoms with E-state index in [1.807, 2.05) is 0 Å². The van der Waals surface area contributed by atoms with Crippen LogP contribution in [0.5, 0.6) is 0 Å². The third kappa shape index (κ3) is 2.88. The predicted octanol–water partition coefficient (Wildman–Crippen LogP) is 1.69. The molecule has 1 aromatic heterocycles. The lowest BCUT2D eigenvalue weighted by Crippen LogP contribution is -2.39. The highest BCUT2D eigenvalue weighted by atomic mass is 32.1. The van der Waals surface area contributed by atoms with Gasteiger partial charge in [0, 0.05) is 31.1 Å². The van der Waals surface area contributed by atoms with Crippen LogP contribution in [0.1, 0.15) is 18.4 Å². The van der Waals surface area contributed by atoms with E-state index < -0.39 is 0 Å². The highest BCUT2D eigenvalue weighted by Crippen LogP contribution is 2.30. The van der Waals surface area contributed by atoms with Crippen LogP contribution in [-0.2, 0) is 11.3 Å². The summed E-state index contributed by atoms with van der Waals surface area (Å²) in [5.41, 5.74) is 7.51. The predicted molar refractivity (Wildman–Crippen MR) is 70.0 cm³/mol. The summed E-state index contributed by atoms with van der Waals surface area (Å²) in [6.45, 7) is 3.76. The minimum absolute atomic E-state index is 0.235. The molecule has 1 saturated heterocycles. The van der Waals surface area contributed by atoms with Gasteiger partial charge in [-0.05, 0) is 35.2 Å². The van der Waals surface area contributed by atoms with Gasteiger partial charge in [-0.3, -0.25) is 4.90 Å². The molecule has 2 heterocycles. The lowest BCUT2D eigenvalue weighted by molar-refractivity contribution is 0.161. The highest BCUT2D eigenvalue weighted by molar-refractivity contribution is 7.07. The van der Waals surface area contributed by atoms with Gasteiger partial charge in [-0.15, -0.1) is 0 Å². The second-order valence-corrected chi connectivity index (χ2v) is 6.03. The Morgan fingerprint density at radius 3 is 2.88 bits per heavy atom. The smallest absolute Gasteiger partial charge is 0.0621 e. The van der Waals surface area contributed by atoms with Crippen molar-refractivity contribution in [2.45, 2.75) is 31.5 Å². The molecule has 0 bridgehead atoms. The zero-order valence-electron chi connectivity index (χ0n) is 10.0. The Hall–Kier alpha value is -0.420. The molecule has 0 aromatic carbocycles. The standard InChI is InChI=1S/C13H20N2OS/c14-13-8-16-7-11(13)6-15(12-1-2-12)5-10-3-4-17-9-10/h3-4,9,11-13H,1-2,5-8,14H2. The van der Waals surface area contributed by atoms with Gasteiger partial charge < -0.3 is 10.5 Å². The molecule has 2 fully saturated rings. The lowest BCUT2D eigenvalue weighted by atomic mass is 10.0. The molecule has 3 nitrogen and oxygen atoms in total. The van der Waals surface area contributed by atoms with E-state index in [2.05, 4.69) is 21.7 Å². The van der Waals surface area contributed by atoms with Gasteiger partial charge in [-0.1, -0.05) is 0 Å². The van der Waals surface area contributed by atoms with E-state index in [0.29, 0.717) is 5.92 Å². The molecule has 4 heteroatoms. The fraction of sp³-hybridized carbons (Fsp3) is 0.692. The summed E-state index contributed by atoms with van der Waals surface area (Å²) in [5.74, 6) is 0.522. The van der Waals surface area contributed by atoms with Crippen molar-refractivity contribution in [2.75, 3.05) is 19.8 Å². The van der Waals surface area contributed by atoms with Crippen LogP contribution in [0.15, 0.2) is 16.8 Å². The monoisotopic (exact) mass is 252 g/mol. The summed E-state index contributed by atoms with van der Waals surface area (Å²) in [7, 11) is 0. The Labute approximate surface area is 107 Å². The summed E-state index contributed by atoms with van der Waals surface area (Å²) >= 11 is 1.78. The van der Waals surface area contributed by atoms with E-state index in [9.17, 15) is 0 Å². The number of hydrogen-bond donors (Lipinski definition) is 1. The van der Waals surface area contributed by atoms with Crippen molar-refractivity contribution in [1.82, 2.24) is 4.90 Å². The van der Waals surface area contributed by atoms with E-state index in [-0.39, 0.29) is 6.04 Å². The molecule has 2 N–H and O–H groups in total. The SMILES string of the molecule is NC1COCC1CN(Cc1ccsc1)C1CC1. The van der Waals surface area contributed by atoms with Gasteiger partial charge in [0.25, 0.3) is 0 Å². The molecule has 1 saturated carbocycles. The highest BCUT2D eigenvalue weighted by Gasteiger charge is 2.34. The van der Waals surface area contributed by atoms with Gasteiger partial charge >= 0.3 is 0 Å². The molecule has 2 unspecified atom stereocenters. The van der Waals surface area contributed by atoms with E-state index in [0.717, 1.165) is 32.3 Å². The van der Waals surface area contributed by atoms with E-state index >= 15 is 0 Å². The number of nitrogens with two attached hydrogens (primary N) is 1. The van der Waals surface area contributed by atoms with Crippen molar-refractivity contribution in [1.29, 1.82) is 0 Å². The Balaban J connectivity index is 1.60. The fourth-order valence-electron chi connectivity index (χ4n) is 2.50. The average Bonchev–Trinajstić information content (AvgIpc) is 2.91. The topological polar surface area (TPSA) is 38.5 Å². The molecular formula is C13H20N2OS. The zero-order chi connectivity index (χ0) is 11.7. The van der Waals surface area contributed by atoms with Crippen molar-refractivity contribution < 1.29 is 4.74 Å². The number of thiophene rings is 1. The number of ether oxygens (including phenoxy) is 1. The molecule has 0 spiro atoms. The minimum Gasteiger partial charge on any atom is -0.379 e. The Morgan fingerprint density at radius 2 is 2.29 bits per heavy atom. The third-order valence-electron chi connectivity index (χ3n) is 3.75. The Kier molecular flexibility index (Phi) is 3.47. The summed E-state index contributed by atoms with van der Waals surface area (Å²) in [5, 5.41) is 4.41. The molecule has 94 valence electrons. The second kappa shape index (κ2) is 5.06. The maximum Gasteiger partial charge on any atom is 0.0621 e. The van der Waals surface area contributed by atoms with E-state index in [4.69, 9.17) is 10.5 Å². The van der Waals surface area contributed by atoms with Crippen molar-refractivity contribution in [3.05, 3.63) is 22.4 Å². The number of rotatable bonds is 5. The van der Waals surface area contributed by atoms with Crippen LogP contribution in [0, 0.1) is 5.92 Å². The van der Waals surface area contributed by atoms with Gasteiger partial charge in [0.2, 0.25) is 0 Å². The van der Waals surface area contributed by atoms with Crippen LogP contribution >= 0.6 is 11.3 Å². The third-order valence-corrected chi connectivity index (χ3v) is 4.48. The fourth-order valence-corrected chi connectivity index (χ4v) is 3.16. The van der Waals surface area contributed by atoms with Crippen molar-refractivity contribution in [3.8, 4) is 0 Å². The molecule has 2 aliphatic rings. The lowest BCUT2D eigenvalue weighted by Gasteiger charge is -2.26. The van der Waals surface area contributed by atoms with Gasteiger partial charge in [0.15, 0.2) is 0 Å². The van der Waals surface area contributed by atoms with Crippen molar-refractivity contribution >= 4 is 11.3 Å². The first-order chi connectivity index (χ1) is 8.33. The maximum absolute atomic E-state index is 6.07. The van der Waals surface area contributed by atoms with Crippen LogP contribution in [0.2, 0.25) is 0 Å². The first-order valence-electron chi connectivity index (χ1n) is 6.41. The minimum atomic E-state index is 0.235. The maximum atomic E-state index is 6.07. The first kappa shape index (κ1) is 11.7. The van der Waals surface area contributed by atoms with Gasteiger partial charge in [-0.25, -0.2) is 0 Å². The zero-order valence-corrected chi connectivity index (χ0v) is 10.9. The van der Waals surface area contributed by atoms with E-state index in [1.165, 1.54) is 18.4 Å². The van der Waals surface area contributed by atoms with Gasteiger partial charge in [0.05, 0.1) is 13.2 Å². The normalized spacial score (nSPS) is 29.1. The molecule has 1 aliphatic carbocycles. The molecule has 3 rings (SSSR count). The van der Waals surface area contributed by atoms with Crippen LogP contribution in [0.4, 0.5) is 0 Å². The Bertz CT molecular complexity index is 350. The average molecular weight is 252 g/mol. The molecule has 0 amide bonds. The van der Waals surface area contributed by atoms with Gasteiger partial charge in [-0.2, -0.15) is 11.3 Å². The van der Waals surface area contributed by atoms with E-state index in [1.54, 1.807) is 11.3 Å². The van der Waals surface area contributed by atoms with Crippen LogP contribution in [0.25, 0.3) is 0 Å². The van der Waals surface area contributed by atoms with Crippen molar-refractivity contribution in [3.63, 3.8) is 0 Å². The summed E-state index contributed by atoms with van der Waals surface area (Å²) in [6, 6.07) is 3.26. The number of hydrogen-bond acceptors (Lipinski definition) is 4. The van der Waals surface area contributed by atoms with Crippen LogP contribution in [-0.4, -0.2) is 36.7 Å². The molecular weight excluding hydrogens is 232 g/mol. The Morgan fingerprint density at radius 1 is 1.41 bits per heavy atom. The molecule has 1 aliphatic heterocycles. The summed E-state index contributed by atoms with van der Waals surface area (Å²) < 4.78 is 5.46. The largest absolute Gasteiger partial charge is 0.379 e. The number of nitrogens with zero attached hydrogens (tertiary/aromatic N) is 1. The summed E-state index contributed by atoms with van der Waals surface area (Å²) in [4.78, 5) is 2.60. The summed E-state index contributed by atoms with van der Waals surface area (Å²) in [6.07, 6.45) is 2.71. The van der Waals surface area contributed by atoms with Crippen LogP contribution in [0.3, 0.4) is 0 Å². The molecule has 17 heavy (non-hydrogen) atoms. The molecule has 1 aromatic rings. The first-order valence-corrected chi connectivity index (χ1v) is 7.35. The molecule has 0 radical (unpaired) electrons. The van der Waals surface area contributed by atoms with Crippen molar-refractivity contribution in [2.24, 2.45) is 11.7 Å². The molecule has 2 atom stereocenters. The second-order valence-electron chi connectivity index (χ2n) is 5.25. The van der Waals surface area contributed by atoms with Crippen LogP contribution < -0.4 is 5.73 Å². The quantitative estimate of drug-likeness (QED) is 0.866. The van der Waals surface area contributed by atoms with Gasteiger partial charge in [0.1, 0.15) is 0 Å².